The van der Waals surface area contributed by atoms with Gasteiger partial charge in [-0.25, -0.2) is 4.57 Å². The van der Waals surface area contributed by atoms with E-state index < -0.39 is 20.0 Å². The molecule has 3 unspecified atom stereocenters. The van der Waals surface area contributed by atoms with Gasteiger partial charge in [-0.1, -0.05) is 213 Å². The second-order valence-corrected chi connectivity index (χ2v) is 19.0. The number of phosphoric ester groups is 1. The second-order valence-electron chi connectivity index (χ2n) is 17.5. The Morgan fingerprint density at radius 3 is 1.24 bits per heavy atom. The summed E-state index contributed by atoms with van der Waals surface area (Å²) in [7, 11) is 1.63. The largest absolute Gasteiger partial charge is 0.472 e. The maximum Gasteiger partial charge on any atom is 0.472 e. The number of likely N-dealkylation sites (N-methyl/N-ethyl adjacent to an activating group) is 1. The average molecular weight is 790 g/mol. The van der Waals surface area contributed by atoms with Crippen LogP contribution >= 0.6 is 7.82 Å². The number of rotatable bonds is 43. The number of unbranched alkanes of at least 4 members (excludes halogenated alkanes) is 30. The number of amides is 1. The first kappa shape index (κ1) is 53.5. The summed E-state index contributed by atoms with van der Waals surface area (Å²) in [5.41, 5.74) is 0. The molecular formula is C45H94N2O6P+. The molecule has 0 bridgehead atoms. The van der Waals surface area contributed by atoms with E-state index in [1.165, 1.54) is 167 Å². The van der Waals surface area contributed by atoms with Crippen molar-refractivity contribution < 1.29 is 32.9 Å². The Morgan fingerprint density at radius 1 is 0.556 bits per heavy atom. The van der Waals surface area contributed by atoms with Crippen molar-refractivity contribution in [3.63, 3.8) is 0 Å². The first-order valence-corrected chi connectivity index (χ1v) is 24.9. The zero-order chi connectivity index (χ0) is 40.0. The highest BCUT2D eigenvalue weighted by Crippen LogP contribution is 2.43. The molecule has 0 radical (unpaired) electrons. The number of aliphatic hydroxyl groups excluding tert-OH is 1. The molecular weight excluding hydrogens is 695 g/mol. The summed E-state index contributed by atoms with van der Waals surface area (Å²) in [6.45, 7) is 4.91. The third-order valence-electron chi connectivity index (χ3n) is 10.9. The SMILES string of the molecule is CCCCCCCCCCCCCCCCCCCCCCC(O)C(COP(=O)(O)OCC[N+](C)(C)C)NC(=O)CCCCCCCCCCCCCC. The molecule has 0 saturated carbocycles. The van der Waals surface area contributed by atoms with Gasteiger partial charge in [-0.15, -0.1) is 0 Å². The Hall–Kier alpha value is -0.500. The lowest BCUT2D eigenvalue weighted by atomic mass is 10.0. The molecule has 9 heteroatoms. The molecule has 3 atom stereocenters. The minimum atomic E-state index is -4.31. The van der Waals surface area contributed by atoms with E-state index in [1.807, 2.05) is 21.1 Å². The van der Waals surface area contributed by atoms with Crippen LogP contribution in [-0.2, 0) is 18.4 Å². The minimum absolute atomic E-state index is 0.0786. The van der Waals surface area contributed by atoms with Crippen LogP contribution in [0.3, 0.4) is 0 Å². The van der Waals surface area contributed by atoms with E-state index in [-0.39, 0.29) is 19.1 Å². The maximum atomic E-state index is 12.9. The molecule has 8 nitrogen and oxygen atoms in total. The Balaban J connectivity index is 4.25. The van der Waals surface area contributed by atoms with Crippen LogP contribution in [0.5, 0.6) is 0 Å². The number of hydrogen-bond acceptors (Lipinski definition) is 5. The van der Waals surface area contributed by atoms with Crippen molar-refractivity contribution in [2.75, 3.05) is 40.9 Å². The van der Waals surface area contributed by atoms with Crippen LogP contribution in [0.4, 0.5) is 0 Å². The van der Waals surface area contributed by atoms with E-state index in [4.69, 9.17) is 9.05 Å². The quantitative estimate of drug-likeness (QED) is 0.0323. The Morgan fingerprint density at radius 2 is 0.889 bits per heavy atom. The molecule has 0 aliphatic rings. The predicted molar refractivity (Wildman–Crippen MR) is 231 cm³/mol. The van der Waals surface area contributed by atoms with Crippen LogP contribution in [0, 0.1) is 0 Å². The number of nitrogens with one attached hydrogen (secondary N) is 1. The van der Waals surface area contributed by atoms with Gasteiger partial charge in [0.25, 0.3) is 0 Å². The molecule has 0 spiro atoms. The fourth-order valence-corrected chi connectivity index (χ4v) is 7.84. The summed E-state index contributed by atoms with van der Waals surface area (Å²) in [5.74, 6) is -0.142. The molecule has 0 aromatic carbocycles. The standard InChI is InChI=1S/C45H93N2O6P/c1-6-8-10-12-14-16-18-20-21-22-23-24-25-26-27-28-30-32-34-36-38-44(48)43(42-53-54(50,51)52-41-40-47(3,4)5)46-45(49)39-37-35-33-31-29-19-17-15-13-11-9-7-2/h43-44,48H,6-42H2,1-5H3,(H-,46,49,50,51)/p+1. The molecule has 0 rings (SSSR count). The number of carbonyl (C=O) groups is 1. The summed E-state index contributed by atoms with van der Waals surface area (Å²) in [6.07, 6.45) is 41.3. The molecule has 54 heavy (non-hydrogen) atoms. The summed E-state index contributed by atoms with van der Waals surface area (Å²) in [4.78, 5) is 23.1. The van der Waals surface area contributed by atoms with E-state index in [0.29, 0.717) is 23.9 Å². The van der Waals surface area contributed by atoms with Gasteiger partial charge in [-0.05, 0) is 12.8 Å². The maximum absolute atomic E-state index is 12.9. The number of nitrogens with zero attached hydrogens (tertiary/aromatic N) is 1. The van der Waals surface area contributed by atoms with Crippen LogP contribution < -0.4 is 5.32 Å². The molecule has 1 amide bonds. The first-order chi connectivity index (χ1) is 26.0. The highest BCUT2D eigenvalue weighted by atomic mass is 31.2. The monoisotopic (exact) mass is 790 g/mol. The van der Waals surface area contributed by atoms with Crippen molar-refractivity contribution in [1.82, 2.24) is 5.32 Å². The molecule has 0 aromatic rings. The van der Waals surface area contributed by atoms with Gasteiger partial charge in [0.2, 0.25) is 5.91 Å². The predicted octanol–water partition coefficient (Wildman–Crippen LogP) is 13.0. The van der Waals surface area contributed by atoms with E-state index in [2.05, 4.69) is 19.2 Å². The van der Waals surface area contributed by atoms with Gasteiger partial charge < -0.3 is 19.8 Å². The van der Waals surface area contributed by atoms with E-state index >= 15 is 0 Å². The topological polar surface area (TPSA) is 105 Å². The molecule has 3 N–H and O–H groups in total. The van der Waals surface area contributed by atoms with Crippen molar-refractivity contribution in [1.29, 1.82) is 0 Å². The molecule has 324 valence electrons. The van der Waals surface area contributed by atoms with Crippen molar-refractivity contribution in [3.8, 4) is 0 Å². The van der Waals surface area contributed by atoms with Gasteiger partial charge in [0, 0.05) is 6.42 Å². The number of phosphoric acid groups is 1. The summed E-state index contributed by atoms with van der Waals surface area (Å²) >= 11 is 0. The summed E-state index contributed by atoms with van der Waals surface area (Å²) in [5, 5.41) is 14.0. The lowest BCUT2D eigenvalue weighted by molar-refractivity contribution is -0.870. The third-order valence-corrected chi connectivity index (χ3v) is 11.8. The Bertz CT molecular complexity index is 855. The smallest absolute Gasteiger partial charge is 0.391 e. The fraction of sp³-hybridized carbons (Fsp3) is 0.978. The zero-order valence-corrected chi connectivity index (χ0v) is 37.6. The van der Waals surface area contributed by atoms with Crippen molar-refractivity contribution in [3.05, 3.63) is 0 Å². The van der Waals surface area contributed by atoms with Gasteiger partial charge in [-0.3, -0.25) is 13.8 Å². The summed E-state index contributed by atoms with van der Waals surface area (Å²) < 4.78 is 23.6. The van der Waals surface area contributed by atoms with Gasteiger partial charge in [0.05, 0.1) is 39.9 Å². The van der Waals surface area contributed by atoms with Crippen molar-refractivity contribution in [2.24, 2.45) is 0 Å². The average Bonchev–Trinajstić information content (AvgIpc) is 3.12. The zero-order valence-electron chi connectivity index (χ0n) is 36.7. The Kier molecular flexibility index (Phi) is 37.7. The van der Waals surface area contributed by atoms with Crippen LogP contribution in [0.15, 0.2) is 0 Å². The molecule has 0 heterocycles. The first-order valence-electron chi connectivity index (χ1n) is 23.4. The second kappa shape index (κ2) is 38.0. The Labute approximate surface area is 336 Å². The van der Waals surface area contributed by atoms with Gasteiger partial charge in [0.1, 0.15) is 13.2 Å². The van der Waals surface area contributed by atoms with Crippen LogP contribution in [0.1, 0.15) is 232 Å². The molecule has 0 fully saturated rings. The lowest BCUT2D eigenvalue weighted by Crippen LogP contribution is -2.46. The van der Waals surface area contributed by atoms with Gasteiger partial charge in [-0.2, -0.15) is 0 Å². The highest BCUT2D eigenvalue weighted by molar-refractivity contribution is 7.47. The van der Waals surface area contributed by atoms with Crippen LogP contribution in [0.2, 0.25) is 0 Å². The normalized spacial score (nSPS) is 14.3. The van der Waals surface area contributed by atoms with E-state index in [0.717, 1.165) is 38.5 Å². The van der Waals surface area contributed by atoms with Crippen molar-refractivity contribution in [2.45, 2.75) is 244 Å². The minimum Gasteiger partial charge on any atom is -0.391 e. The van der Waals surface area contributed by atoms with Crippen molar-refractivity contribution >= 4 is 13.7 Å². The number of carbonyl (C=O) groups excluding carboxylic acids is 1. The van der Waals surface area contributed by atoms with Gasteiger partial charge in [0.15, 0.2) is 0 Å². The van der Waals surface area contributed by atoms with Crippen LogP contribution in [-0.4, -0.2) is 73.4 Å². The third kappa shape index (κ3) is 39.7. The van der Waals surface area contributed by atoms with Gasteiger partial charge >= 0.3 is 7.82 Å². The highest BCUT2D eigenvalue weighted by Gasteiger charge is 2.28. The number of hydrogen-bond donors (Lipinski definition) is 3. The molecule has 0 aromatic heterocycles. The van der Waals surface area contributed by atoms with E-state index in [1.54, 1.807) is 0 Å². The van der Waals surface area contributed by atoms with Crippen LogP contribution in [0.25, 0.3) is 0 Å². The van der Waals surface area contributed by atoms with E-state index in [9.17, 15) is 19.4 Å². The summed E-state index contributed by atoms with van der Waals surface area (Å²) in [6, 6.07) is -0.752. The molecule has 0 aliphatic carbocycles. The molecule has 0 aliphatic heterocycles. The number of aliphatic hydroxyl groups is 1. The number of quaternary nitrogens is 1. The molecule has 0 saturated heterocycles. The fourth-order valence-electron chi connectivity index (χ4n) is 7.11. The lowest BCUT2D eigenvalue weighted by Gasteiger charge is -2.26.